The Bertz CT molecular complexity index is 1260. The minimum absolute atomic E-state index is 0.00783. The van der Waals surface area contributed by atoms with Crippen LogP contribution < -0.4 is 26.8 Å². The SMILES string of the molecule is Cc1ncc(C#N)cc1N(C(=S)NN)[C@H]1CCc2sc(NC(=O)C3CC3)c(C(=O)NCC3CC3)c2C1. The molecule has 3 aliphatic carbocycles. The number of fused-ring (bicyclic) bond motifs is 1. The van der Waals surface area contributed by atoms with Crippen LogP contribution in [0.25, 0.3) is 0 Å². The molecule has 0 radical (unpaired) electrons. The highest BCUT2D eigenvalue weighted by Crippen LogP contribution is 2.41. The molecule has 0 aliphatic heterocycles. The highest BCUT2D eigenvalue weighted by molar-refractivity contribution is 7.80. The summed E-state index contributed by atoms with van der Waals surface area (Å²) in [5.74, 6) is 6.20. The Balaban J connectivity index is 1.49. The molecule has 0 unspecified atom stereocenters. The number of rotatable bonds is 7. The van der Waals surface area contributed by atoms with Crippen molar-refractivity contribution >= 4 is 51.2 Å². The third-order valence-corrected chi connectivity index (χ3v) is 8.57. The number of carbonyl (C=O) groups is 2. The van der Waals surface area contributed by atoms with Gasteiger partial charge >= 0.3 is 0 Å². The van der Waals surface area contributed by atoms with E-state index in [-0.39, 0.29) is 23.8 Å². The quantitative estimate of drug-likeness (QED) is 0.247. The number of nitrogens with one attached hydrogen (secondary N) is 3. The Morgan fingerprint density at radius 1 is 1.31 bits per heavy atom. The zero-order valence-electron chi connectivity index (χ0n) is 20.1. The average molecular weight is 524 g/mol. The van der Waals surface area contributed by atoms with Crippen molar-refractivity contribution in [2.24, 2.45) is 17.7 Å². The second kappa shape index (κ2) is 10.1. The molecule has 3 aliphatic rings. The number of carbonyl (C=O) groups excluding carboxylic acids is 2. The zero-order valence-corrected chi connectivity index (χ0v) is 21.7. The summed E-state index contributed by atoms with van der Waals surface area (Å²) in [6, 6.07) is 3.80. The van der Waals surface area contributed by atoms with Gasteiger partial charge in [0, 0.05) is 29.6 Å². The van der Waals surface area contributed by atoms with E-state index in [4.69, 9.17) is 18.1 Å². The molecular formula is C25H29N7O2S2. The molecule has 2 fully saturated rings. The summed E-state index contributed by atoms with van der Waals surface area (Å²) in [7, 11) is 0. The maximum absolute atomic E-state index is 13.4. The van der Waals surface area contributed by atoms with Gasteiger partial charge in [-0.15, -0.1) is 11.3 Å². The second-order valence-corrected chi connectivity index (χ2v) is 11.3. The summed E-state index contributed by atoms with van der Waals surface area (Å²) < 4.78 is 0. The number of thiocarbonyl (C=S) groups is 1. The van der Waals surface area contributed by atoms with Crippen LogP contribution in [0, 0.1) is 30.1 Å². The van der Waals surface area contributed by atoms with Gasteiger partial charge in [0.05, 0.1) is 22.5 Å². The van der Waals surface area contributed by atoms with Crippen LogP contribution in [0.15, 0.2) is 12.3 Å². The van der Waals surface area contributed by atoms with Crippen LogP contribution in [0.3, 0.4) is 0 Å². The van der Waals surface area contributed by atoms with E-state index in [1.165, 1.54) is 17.5 Å². The molecule has 0 spiro atoms. The van der Waals surface area contributed by atoms with Gasteiger partial charge in [-0.1, -0.05) is 0 Å². The van der Waals surface area contributed by atoms with Crippen LogP contribution in [0.1, 0.15) is 64.2 Å². The number of aryl methyl sites for hydroxylation is 2. The van der Waals surface area contributed by atoms with Crippen molar-refractivity contribution in [2.75, 3.05) is 16.8 Å². The minimum Gasteiger partial charge on any atom is -0.352 e. The van der Waals surface area contributed by atoms with Gasteiger partial charge in [-0.25, -0.2) is 5.84 Å². The van der Waals surface area contributed by atoms with Crippen molar-refractivity contribution in [3.8, 4) is 6.07 Å². The Hall–Kier alpha value is -3.07. The summed E-state index contributed by atoms with van der Waals surface area (Å²) in [6.07, 6.45) is 7.67. The fourth-order valence-corrected chi connectivity index (χ4v) is 6.18. The molecule has 2 saturated carbocycles. The maximum atomic E-state index is 13.4. The highest BCUT2D eigenvalue weighted by Gasteiger charge is 2.36. The average Bonchev–Trinajstić information content (AvgIpc) is 3.80. The highest BCUT2D eigenvalue weighted by atomic mass is 32.1. The monoisotopic (exact) mass is 523 g/mol. The largest absolute Gasteiger partial charge is 0.352 e. The fourth-order valence-electron chi connectivity index (χ4n) is 4.69. The third kappa shape index (κ3) is 5.07. The van der Waals surface area contributed by atoms with Crippen molar-refractivity contribution in [3.63, 3.8) is 0 Å². The number of anilines is 2. The van der Waals surface area contributed by atoms with Gasteiger partial charge in [0.2, 0.25) is 5.91 Å². The van der Waals surface area contributed by atoms with Crippen LogP contribution in [0.2, 0.25) is 0 Å². The number of hydrazine groups is 1. The lowest BCUT2D eigenvalue weighted by atomic mass is 9.89. The molecule has 2 aromatic heterocycles. The van der Waals surface area contributed by atoms with Crippen LogP contribution >= 0.6 is 23.6 Å². The first-order chi connectivity index (χ1) is 17.4. The lowest BCUT2D eigenvalue weighted by Gasteiger charge is -2.36. The minimum atomic E-state index is -0.137. The molecule has 0 bridgehead atoms. The number of hydrogen-bond acceptors (Lipinski definition) is 7. The molecule has 1 atom stereocenters. The van der Waals surface area contributed by atoms with E-state index < -0.39 is 0 Å². The summed E-state index contributed by atoms with van der Waals surface area (Å²) in [6.45, 7) is 2.52. The third-order valence-electron chi connectivity index (χ3n) is 7.05. The van der Waals surface area contributed by atoms with Crippen molar-refractivity contribution in [2.45, 2.75) is 57.9 Å². The number of hydrogen-bond donors (Lipinski definition) is 4. The van der Waals surface area contributed by atoms with Gasteiger partial charge < -0.3 is 21.0 Å². The zero-order chi connectivity index (χ0) is 25.4. The van der Waals surface area contributed by atoms with E-state index >= 15 is 0 Å². The molecule has 2 amide bonds. The molecule has 36 heavy (non-hydrogen) atoms. The maximum Gasteiger partial charge on any atom is 0.254 e. The molecular weight excluding hydrogens is 494 g/mol. The molecule has 2 aromatic rings. The predicted molar refractivity (Wildman–Crippen MR) is 143 cm³/mol. The van der Waals surface area contributed by atoms with E-state index in [1.54, 1.807) is 6.07 Å². The molecule has 2 heterocycles. The van der Waals surface area contributed by atoms with Gasteiger partial charge in [0.25, 0.3) is 5.91 Å². The molecule has 0 aromatic carbocycles. The Kier molecular flexibility index (Phi) is 6.92. The summed E-state index contributed by atoms with van der Waals surface area (Å²) in [5.41, 5.74) is 5.97. The lowest BCUT2D eigenvalue weighted by Crippen LogP contribution is -2.51. The summed E-state index contributed by atoms with van der Waals surface area (Å²) in [5, 5.41) is 16.5. The van der Waals surface area contributed by atoms with E-state index in [1.807, 2.05) is 11.8 Å². The Morgan fingerprint density at radius 3 is 2.75 bits per heavy atom. The van der Waals surface area contributed by atoms with Gasteiger partial charge in [-0.05, 0) is 81.6 Å². The Labute approximate surface area is 219 Å². The predicted octanol–water partition coefficient (Wildman–Crippen LogP) is 2.92. The summed E-state index contributed by atoms with van der Waals surface area (Å²) >= 11 is 7.09. The number of nitriles is 1. The smallest absolute Gasteiger partial charge is 0.254 e. The van der Waals surface area contributed by atoms with E-state index in [2.05, 4.69) is 27.1 Å². The molecule has 11 heteroatoms. The van der Waals surface area contributed by atoms with Crippen LogP contribution in [-0.2, 0) is 17.6 Å². The first kappa shape index (κ1) is 24.6. The topological polar surface area (TPSA) is 136 Å². The second-order valence-electron chi connectivity index (χ2n) is 9.78. The van der Waals surface area contributed by atoms with Gasteiger partial charge in [0.1, 0.15) is 11.1 Å². The molecule has 9 nitrogen and oxygen atoms in total. The number of thiophene rings is 1. The fraction of sp³-hybridized carbons (Fsp3) is 0.480. The normalized spacial score (nSPS) is 18.5. The molecule has 5 rings (SSSR count). The van der Waals surface area contributed by atoms with Gasteiger partial charge in [-0.3, -0.25) is 14.6 Å². The van der Waals surface area contributed by atoms with Gasteiger partial charge in [-0.2, -0.15) is 5.26 Å². The number of amides is 2. The van der Waals surface area contributed by atoms with Crippen LogP contribution in [0.4, 0.5) is 10.7 Å². The lowest BCUT2D eigenvalue weighted by molar-refractivity contribution is -0.117. The van der Waals surface area contributed by atoms with Crippen LogP contribution in [-0.4, -0.2) is 34.5 Å². The van der Waals surface area contributed by atoms with Crippen molar-refractivity contribution in [1.82, 2.24) is 15.7 Å². The Morgan fingerprint density at radius 2 is 2.08 bits per heavy atom. The standard InChI is InChI=1S/C25H29N7O2S2/c1-13-19(8-15(10-26)12-28-13)32(25(35)31-27)17-6-7-20-18(9-17)21(23(34)29-11-14-2-3-14)24(36-20)30-22(33)16-4-5-16/h8,12,14,16-17H,2-7,9,11,27H2,1H3,(H,29,34)(H,30,33)(H,31,35)/t17-/m0/s1. The van der Waals surface area contributed by atoms with Crippen molar-refractivity contribution in [3.05, 3.63) is 39.5 Å². The number of nitrogens with zero attached hydrogens (tertiary/aromatic N) is 3. The van der Waals surface area contributed by atoms with Crippen LogP contribution in [0.5, 0.6) is 0 Å². The van der Waals surface area contributed by atoms with Crippen molar-refractivity contribution in [1.29, 1.82) is 5.26 Å². The molecule has 5 N–H and O–H groups in total. The van der Waals surface area contributed by atoms with Gasteiger partial charge in [0.15, 0.2) is 5.11 Å². The molecule has 188 valence electrons. The number of aromatic nitrogens is 1. The summed E-state index contributed by atoms with van der Waals surface area (Å²) in [4.78, 5) is 33.4. The number of nitrogens with two attached hydrogens (primary N) is 1. The van der Waals surface area contributed by atoms with E-state index in [9.17, 15) is 14.9 Å². The van der Waals surface area contributed by atoms with E-state index in [0.29, 0.717) is 45.8 Å². The number of pyridine rings is 1. The molecule has 0 saturated heterocycles. The first-order valence-corrected chi connectivity index (χ1v) is 13.5. The first-order valence-electron chi connectivity index (χ1n) is 12.3. The van der Waals surface area contributed by atoms with Crippen molar-refractivity contribution < 1.29 is 9.59 Å². The van der Waals surface area contributed by atoms with E-state index in [0.717, 1.165) is 54.7 Å².